The van der Waals surface area contributed by atoms with Gasteiger partial charge in [-0.15, -0.1) is 5.10 Å². The Bertz CT molecular complexity index is 651. The highest BCUT2D eigenvalue weighted by molar-refractivity contribution is 5.93. The Balaban J connectivity index is 1.60. The molecule has 0 radical (unpaired) electrons. The summed E-state index contributed by atoms with van der Waals surface area (Å²) >= 11 is 0. The number of benzene rings is 1. The summed E-state index contributed by atoms with van der Waals surface area (Å²) in [6.07, 6.45) is 3.74. The predicted molar refractivity (Wildman–Crippen MR) is 77.4 cm³/mol. The third-order valence-corrected chi connectivity index (χ3v) is 3.58. The van der Waals surface area contributed by atoms with Gasteiger partial charge in [-0.25, -0.2) is 0 Å². The molecule has 21 heavy (non-hydrogen) atoms. The number of aromatic nitrogens is 3. The summed E-state index contributed by atoms with van der Waals surface area (Å²) in [6.45, 7) is 1.81. The molecule has 3 rings (SSSR count). The number of hydrogen-bond donors (Lipinski definition) is 1. The van der Waals surface area contributed by atoms with Crippen LogP contribution >= 0.6 is 0 Å². The molecule has 0 aliphatic carbocycles. The van der Waals surface area contributed by atoms with Crippen molar-refractivity contribution in [1.82, 2.24) is 15.0 Å². The minimum absolute atomic E-state index is 0.00928. The number of aryl methyl sites for hydroxylation is 1. The highest BCUT2D eigenvalue weighted by Gasteiger charge is 2.14. The van der Waals surface area contributed by atoms with Crippen LogP contribution in [0.25, 0.3) is 0 Å². The predicted octanol–water partition coefficient (Wildman–Crippen LogP) is 0.987. The summed E-state index contributed by atoms with van der Waals surface area (Å²) < 4.78 is 7.07. The molecule has 0 saturated heterocycles. The van der Waals surface area contributed by atoms with Gasteiger partial charge in [-0.2, -0.15) is 0 Å². The monoisotopic (exact) mass is 286 g/mol. The number of nitrogens with two attached hydrogens (primary N) is 1. The van der Waals surface area contributed by atoms with E-state index >= 15 is 0 Å². The van der Waals surface area contributed by atoms with Crippen LogP contribution < -0.4 is 10.5 Å². The fraction of sp³-hybridized carbons (Fsp3) is 0.400. The molecule has 0 atom stereocenters. The average molecular weight is 286 g/mol. The van der Waals surface area contributed by atoms with E-state index < -0.39 is 0 Å². The minimum atomic E-state index is 0.00928. The van der Waals surface area contributed by atoms with Crippen LogP contribution in [0.5, 0.6) is 5.75 Å². The van der Waals surface area contributed by atoms with E-state index in [-0.39, 0.29) is 5.78 Å². The highest BCUT2D eigenvalue weighted by atomic mass is 16.5. The summed E-state index contributed by atoms with van der Waals surface area (Å²) in [6, 6.07) is 6.13. The van der Waals surface area contributed by atoms with E-state index in [0.29, 0.717) is 31.6 Å². The Morgan fingerprint density at radius 3 is 3.19 bits per heavy atom. The number of Topliss-reactive ketones (excluding diaryl/α,β-unsaturated/α-hetero) is 1. The maximum Gasteiger partial charge on any atom is 0.185 e. The number of ether oxygens (including phenoxy) is 1. The molecule has 1 aromatic heterocycles. The molecule has 110 valence electrons. The van der Waals surface area contributed by atoms with Crippen molar-refractivity contribution in [3.05, 3.63) is 41.2 Å². The molecule has 0 bridgehead atoms. The Kier molecular flexibility index (Phi) is 3.96. The first-order valence-electron chi connectivity index (χ1n) is 7.14. The van der Waals surface area contributed by atoms with Gasteiger partial charge in [-0.3, -0.25) is 9.48 Å². The average Bonchev–Trinajstić information content (AvgIpc) is 3.13. The minimum Gasteiger partial charge on any atom is -0.493 e. The molecule has 1 aromatic carbocycles. The van der Waals surface area contributed by atoms with E-state index in [4.69, 9.17) is 10.5 Å². The summed E-state index contributed by atoms with van der Waals surface area (Å²) in [7, 11) is 0. The van der Waals surface area contributed by atoms with Gasteiger partial charge in [0, 0.05) is 19.4 Å². The van der Waals surface area contributed by atoms with Gasteiger partial charge < -0.3 is 10.5 Å². The lowest BCUT2D eigenvalue weighted by atomic mass is 10.0. The Hall–Kier alpha value is -2.21. The van der Waals surface area contributed by atoms with Gasteiger partial charge in [0.1, 0.15) is 11.4 Å². The first-order valence-corrected chi connectivity index (χ1v) is 7.14. The van der Waals surface area contributed by atoms with Crippen LogP contribution in [0.1, 0.15) is 28.0 Å². The number of fused-ring (bicyclic) bond motifs is 1. The molecule has 6 nitrogen and oxygen atoms in total. The van der Waals surface area contributed by atoms with Crippen molar-refractivity contribution in [3.63, 3.8) is 0 Å². The second kappa shape index (κ2) is 6.05. The molecule has 0 unspecified atom stereocenters. The summed E-state index contributed by atoms with van der Waals surface area (Å²) in [5.41, 5.74) is 8.24. The van der Waals surface area contributed by atoms with E-state index in [9.17, 15) is 4.79 Å². The van der Waals surface area contributed by atoms with Crippen LogP contribution in [0, 0.1) is 0 Å². The van der Waals surface area contributed by atoms with Gasteiger partial charge >= 0.3 is 0 Å². The molecular formula is C15H18N4O2. The van der Waals surface area contributed by atoms with E-state index in [1.165, 1.54) is 5.56 Å². The standard InChI is InChI=1S/C15H18N4O2/c16-6-7-19-10-13(17-18-19)14(20)3-1-11-2-4-15-12(9-11)5-8-21-15/h2,4,9-10H,1,3,5-8,16H2. The molecular weight excluding hydrogens is 268 g/mol. The first-order chi connectivity index (χ1) is 10.3. The fourth-order valence-electron chi connectivity index (χ4n) is 2.45. The number of carbonyl (C=O) groups excluding carboxylic acids is 1. The van der Waals surface area contributed by atoms with Gasteiger partial charge in [-0.1, -0.05) is 17.3 Å². The highest BCUT2D eigenvalue weighted by Crippen LogP contribution is 2.26. The number of carbonyl (C=O) groups is 1. The lowest BCUT2D eigenvalue weighted by Gasteiger charge is -2.03. The third kappa shape index (κ3) is 3.11. The molecule has 2 aromatic rings. The van der Waals surface area contributed by atoms with Gasteiger partial charge in [-0.05, 0) is 23.6 Å². The molecule has 0 spiro atoms. The summed E-state index contributed by atoms with van der Waals surface area (Å²) in [5, 5.41) is 7.77. The van der Waals surface area contributed by atoms with Crippen molar-refractivity contribution in [1.29, 1.82) is 0 Å². The molecule has 0 fully saturated rings. The van der Waals surface area contributed by atoms with Crippen molar-refractivity contribution in [2.45, 2.75) is 25.8 Å². The maximum absolute atomic E-state index is 12.1. The van der Waals surface area contributed by atoms with E-state index in [1.807, 2.05) is 12.1 Å². The van der Waals surface area contributed by atoms with Crippen LogP contribution in [0.4, 0.5) is 0 Å². The number of hydrogen-bond acceptors (Lipinski definition) is 5. The fourth-order valence-corrected chi connectivity index (χ4v) is 2.45. The Morgan fingerprint density at radius 2 is 2.33 bits per heavy atom. The molecule has 2 heterocycles. The third-order valence-electron chi connectivity index (χ3n) is 3.58. The summed E-state index contributed by atoms with van der Waals surface area (Å²) in [5.74, 6) is 0.977. The molecule has 2 N–H and O–H groups in total. The zero-order valence-corrected chi connectivity index (χ0v) is 11.8. The molecule has 1 aliphatic rings. The number of ketones is 1. The van der Waals surface area contributed by atoms with Gasteiger partial charge in [0.25, 0.3) is 0 Å². The smallest absolute Gasteiger partial charge is 0.185 e. The van der Waals surface area contributed by atoms with Crippen LogP contribution in [0.3, 0.4) is 0 Å². The second-order valence-corrected chi connectivity index (χ2v) is 5.12. The number of rotatable bonds is 6. The van der Waals surface area contributed by atoms with Crippen molar-refractivity contribution < 1.29 is 9.53 Å². The second-order valence-electron chi connectivity index (χ2n) is 5.12. The quantitative estimate of drug-likeness (QED) is 0.801. The molecule has 0 amide bonds. The van der Waals surface area contributed by atoms with Crippen LogP contribution in [-0.2, 0) is 19.4 Å². The van der Waals surface area contributed by atoms with Crippen molar-refractivity contribution >= 4 is 5.78 Å². The van der Waals surface area contributed by atoms with Crippen molar-refractivity contribution in [3.8, 4) is 5.75 Å². The van der Waals surface area contributed by atoms with Gasteiger partial charge in [0.15, 0.2) is 5.78 Å². The maximum atomic E-state index is 12.1. The van der Waals surface area contributed by atoms with Crippen molar-refractivity contribution in [2.24, 2.45) is 5.73 Å². The van der Waals surface area contributed by atoms with Gasteiger partial charge in [0.05, 0.1) is 19.3 Å². The lowest BCUT2D eigenvalue weighted by molar-refractivity contribution is 0.0978. The molecule has 6 heteroatoms. The van der Waals surface area contributed by atoms with E-state index in [1.54, 1.807) is 10.9 Å². The van der Waals surface area contributed by atoms with Crippen LogP contribution in [0.2, 0.25) is 0 Å². The lowest BCUT2D eigenvalue weighted by Crippen LogP contribution is -2.10. The van der Waals surface area contributed by atoms with E-state index in [2.05, 4.69) is 16.4 Å². The summed E-state index contributed by atoms with van der Waals surface area (Å²) in [4.78, 5) is 12.1. The molecule has 0 saturated carbocycles. The van der Waals surface area contributed by atoms with Crippen LogP contribution in [0.15, 0.2) is 24.4 Å². The number of nitrogens with zero attached hydrogens (tertiary/aromatic N) is 3. The first kappa shape index (κ1) is 13.8. The normalized spacial score (nSPS) is 13.0. The molecule has 1 aliphatic heterocycles. The zero-order valence-electron chi connectivity index (χ0n) is 11.8. The Morgan fingerprint density at radius 1 is 1.43 bits per heavy atom. The Labute approximate surface area is 122 Å². The topological polar surface area (TPSA) is 83.0 Å². The van der Waals surface area contributed by atoms with E-state index in [0.717, 1.165) is 24.3 Å². The van der Waals surface area contributed by atoms with Crippen LogP contribution in [-0.4, -0.2) is 33.9 Å². The largest absolute Gasteiger partial charge is 0.493 e. The van der Waals surface area contributed by atoms with Crippen molar-refractivity contribution in [2.75, 3.05) is 13.2 Å². The zero-order chi connectivity index (χ0) is 14.7. The van der Waals surface area contributed by atoms with Gasteiger partial charge in [0.2, 0.25) is 0 Å². The SMILES string of the molecule is NCCn1cc(C(=O)CCc2ccc3c(c2)CCO3)nn1.